The number of fused-ring (bicyclic) bond motifs is 1. The van der Waals surface area contributed by atoms with E-state index in [0.29, 0.717) is 30.4 Å². The van der Waals surface area contributed by atoms with E-state index in [1.807, 2.05) is 42.5 Å². The average molecular weight is 382 g/mol. The Balaban J connectivity index is 1.49. The molecule has 3 aromatic rings. The lowest BCUT2D eigenvalue weighted by Crippen LogP contribution is -2.17. The van der Waals surface area contributed by atoms with Gasteiger partial charge >= 0.3 is 0 Å². The number of nitrogens with one attached hydrogen (secondary N) is 2. The molecule has 0 spiro atoms. The van der Waals surface area contributed by atoms with Crippen molar-refractivity contribution in [1.29, 1.82) is 0 Å². The molecule has 0 atom stereocenters. The van der Waals surface area contributed by atoms with Gasteiger partial charge in [-0.05, 0) is 48.5 Å². The summed E-state index contributed by atoms with van der Waals surface area (Å²) in [6.45, 7) is 0.862. The van der Waals surface area contributed by atoms with Gasteiger partial charge in [0.1, 0.15) is 13.2 Å². The van der Waals surface area contributed by atoms with Crippen LogP contribution in [0.5, 0.6) is 11.5 Å². The highest BCUT2D eigenvalue weighted by Crippen LogP contribution is 2.32. The van der Waals surface area contributed by atoms with Gasteiger partial charge in [-0.1, -0.05) is 18.2 Å². The van der Waals surface area contributed by atoms with E-state index in [-0.39, 0.29) is 4.90 Å². The molecule has 0 radical (unpaired) electrons. The quantitative estimate of drug-likeness (QED) is 0.697. The van der Waals surface area contributed by atoms with E-state index in [1.165, 1.54) is 12.1 Å². The number of hydrogen-bond donors (Lipinski definition) is 2. The van der Waals surface area contributed by atoms with Crippen molar-refractivity contribution in [1.82, 2.24) is 0 Å². The van der Waals surface area contributed by atoms with Crippen LogP contribution in [-0.2, 0) is 10.0 Å². The summed E-state index contributed by atoms with van der Waals surface area (Å²) in [5.41, 5.74) is 2.30. The third-order valence-corrected chi connectivity index (χ3v) is 5.40. The van der Waals surface area contributed by atoms with E-state index in [0.717, 1.165) is 11.4 Å². The van der Waals surface area contributed by atoms with Crippen molar-refractivity contribution in [3.8, 4) is 11.5 Å². The number of para-hydroxylation sites is 1. The molecule has 0 saturated carbocycles. The van der Waals surface area contributed by atoms with Crippen LogP contribution in [0, 0.1) is 0 Å². The fraction of sp³-hybridized carbons (Fsp3) is 0.100. The molecular formula is C20H18N2O4S. The van der Waals surface area contributed by atoms with Gasteiger partial charge in [0.05, 0.1) is 4.90 Å². The molecule has 3 aromatic carbocycles. The lowest BCUT2D eigenvalue weighted by Gasteiger charge is -2.19. The van der Waals surface area contributed by atoms with Crippen molar-refractivity contribution < 1.29 is 17.9 Å². The van der Waals surface area contributed by atoms with Crippen molar-refractivity contribution in [2.45, 2.75) is 4.90 Å². The molecule has 138 valence electrons. The molecule has 0 unspecified atom stereocenters. The standard InChI is InChI=1S/C20H18N2O4S/c23-27(24,18-10-11-19-20(14-18)26-13-12-25-19)22-17-8-6-16(7-9-17)21-15-4-2-1-3-5-15/h1-11,14,21-22H,12-13H2. The summed E-state index contributed by atoms with van der Waals surface area (Å²) in [6.07, 6.45) is 0. The Kier molecular flexibility index (Phi) is 4.60. The molecule has 1 heterocycles. The first-order valence-electron chi connectivity index (χ1n) is 8.45. The molecule has 4 rings (SSSR count). The van der Waals surface area contributed by atoms with Gasteiger partial charge in [-0.25, -0.2) is 8.42 Å². The Morgan fingerprint density at radius 1 is 0.704 bits per heavy atom. The molecule has 0 aliphatic carbocycles. The molecule has 1 aliphatic rings. The highest BCUT2D eigenvalue weighted by molar-refractivity contribution is 7.92. The maximum atomic E-state index is 12.6. The summed E-state index contributed by atoms with van der Waals surface area (Å²) in [7, 11) is -3.72. The first-order valence-corrected chi connectivity index (χ1v) is 9.93. The monoisotopic (exact) mass is 382 g/mol. The largest absolute Gasteiger partial charge is 0.486 e. The van der Waals surface area contributed by atoms with Crippen LogP contribution >= 0.6 is 0 Å². The maximum Gasteiger partial charge on any atom is 0.262 e. The molecule has 0 saturated heterocycles. The highest BCUT2D eigenvalue weighted by atomic mass is 32.2. The maximum absolute atomic E-state index is 12.6. The van der Waals surface area contributed by atoms with Gasteiger partial charge in [0, 0.05) is 23.1 Å². The topological polar surface area (TPSA) is 76.7 Å². The normalized spacial score (nSPS) is 13.0. The van der Waals surface area contributed by atoms with Crippen LogP contribution < -0.4 is 19.5 Å². The SMILES string of the molecule is O=S(=O)(Nc1ccc(Nc2ccccc2)cc1)c1ccc2c(c1)OCCO2. The summed E-state index contributed by atoms with van der Waals surface area (Å²) in [4.78, 5) is 0.123. The zero-order valence-electron chi connectivity index (χ0n) is 14.4. The molecule has 6 nitrogen and oxygen atoms in total. The smallest absolute Gasteiger partial charge is 0.262 e. The van der Waals surface area contributed by atoms with E-state index in [9.17, 15) is 8.42 Å². The average Bonchev–Trinajstić information content (AvgIpc) is 2.70. The fourth-order valence-electron chi connectivity index (χ4n) is 2.71. The van der Waals surface area contributed by atoms with Crippen molar-refractivity contribution in [3.05, 3.63) is 72.8 Å². The Labute approximate surface area is 157 Å². The lowest BCUT2D eigenvalue weighted by molar-refractivity contribution is 0.171. The molecule has 1 aliphatic heterocycles. The van der Waals surface area contributed by atoms with Crippen molar-refractivity contribution >= 4 is 27.1 Å². The van der Waals surface area contributed by atoms with Crippen LogP contribution in [0.25, 0.3) is 0 Å². The molecule has 0 aromatic heterocycles. The lowest BCUT2D eigenvalue weighted by atomic mass is 10.2. The minimum atomic E-state index is -3.72. The number of anilines is 3. The number of rotatable bonds is 5. The van der Waals surface area contributed by atoms with Crippen LogP contribution in [0.15, 0.2) is 77.7 Å². The molecule has 27 heavy (non-hydrogen) atoms. The molecule has 7 heteroatoms. The number of ether oxygens (including phenoxy) is 2. The van der Waals surface area contributed by atoms with Gasteiger partial charge in [-0.3, -0.25) is 4.72 Å². The van der Waals surface area contributed by atoms with Crippen LogP contribution in [0.1, 0.15) is 0 Å². The van der Waals surface area contributed by atoms with Crippen molar-refractivity contribution in [3.63, 3.8) is 0 Å². The fourth-order valence-corrected chi connectivity index (χ4v) is 3.79. The van der Waals surface area contributed by atoms with Crippen molar-refractivity contribution in [2.24, 2.45) is 0 Å². The van der Waals surface area contributed by atoms with Crippen LogP contribution in [-0.4, -0.2) is 21.6 Å². The Hall–Kier alpha value is -3.19. The third-order valence-electron chi connectivity index (χ3n) is 4.02. The number of hydrogen-bond acceptors (Lipinski definition) is 5. The van der Waals surface area contributed by atoms with E-state index < -0.39 is 10.0 Å². The van der Waals surface area contributed by atoms with Gasteiger partial charge in [-0.2, -0.15) is 0 Å². The second kappa shape index (κ2) is 7.20. The minimum absolute atomic E-state index is 0.123. The summed E-state index contributed by atoms with van der Waals surface area (Å²) < 4.78 is 38.7. The Morgan fingerprint density at radius 3 is 2.07 bits per heavy atom. The summed E-state index contributed by atoms with van der Waals surface area (Å²) in [5, 5.41) is 3.25. The van der Waals surface area contributed by atoms with Gasteiger partial charge in [-0.15, -0.1) is 0 Å². The van der Waals surface area contributed by atoms with Gasteiger partial charge < -0.3 is 14.8 Å². The van der Waals surface area contributed by atoms with Gasteiger partial charge in [0.2, 0.25) is 0 Å². The van der Waals surface area contributed by atoms with Gasteiger partial charge in [0.25, 0.3) is 10.0 Å². The van der Waals surface area contributed by atoms with Crippen LogP contribution in [0.2, 0.25) is 0 Å². The third kappa shape index (κ3) is 3.98. The number of sulfonamides is 1. The number of benzene rings is 3. The molecule has 2 N–H and O–H groups in total. The summed E-state index contributed by atoms with van der Waals surface area (Å²) in [5.74, 6) is 0.989. The zero-order chi connectivity index (χ0) is 18.7. The molecular weight excluding hydrogens is 364 g/mol. The van der Waals surface area contributed by atoms with Crippen molar-refractivity contribution in [2.75, 3.05) is 23.3 Å². The van der Waals surface area contributed by atoms with E-state index in [4.69, 9.17) is 9.47 Å². The van der Waals surface area contributed by atoms with Crippen LogP contribution in [0.3, 0.4) is 0 Å². The Morgan fingerprint density at radius 2 is 1.33 bits per heavy atom. The second-order valence-corrected chi connectivity index (χ2v) is 7.66. The minimum Gasteiger partial charge on any atom is -0.486 e. The van der Waals surface area contributed by atoms with E-state index in [1.54, 1.807) is 18.2 Å². The predicted octanol–water partition coefficient (Wildman–Crippen LogP) is 4.00. The Bertz CT molecular complexity index is 1040. The van der Waals surface area contributed by atoms with E-state index >= 15 is 0 Å². The summed E-state index contributed by atoms with van der Waals surface area (Å²) in [6, 6.07) is 21.4. The highest BCUT2D eigenvalue weighted by Gasteiger charge is 2.19. The second-order valence-electron chi connectivity index (χ2n) is 5.98. The first kappa shape index (κ1) is 17.2. The van der Waals surface area contributed by atoms with Gasteiger partial charge in [0.15, 0.2) is 11.5 Å². The summed E-state index contributed by atoms with van der Waals surface area (Å²) >= 11 is 0. The molecule has 0 amide bonds. The molecule has 0 fully saturated rings. The van der Waals surface area contributed by atoms with E-state index in [2.05, 4.69) is 10.0 Å². The van der Waals surface area contributed by atoms with Crippen LogP contribution in [0.4, 0.5) is 17.1 Å². The zero-order valence-corrected chi connectivity index (χ0v) is 15.2. The predicted molar refractivity (Wildman–Crippen MR) is 104 cm³/mol. The first-order chi connectivity index (χ1) is 13.1. The molecule has 0 bridgehead atoms.